The summed E-state index contributed by atoms with van der Waals surface area (Å²) in [6.45, 7) is 0. The van der Waals surface area contributed by atoms with Gasteiger partial charge >= 0.3 is 0 Å². The summed E-state index contributed by atoms with van der Waals surface area (Å²) in [7, 11) is -3.30. The van der Waals surface area contributed by atoms with Gasteiger partial charge in [0.1, 0.15) is 0 Å². The van der Waals surface area contributed by atoms with E-state index in [2.05, 4.69) is 0 Å². The van der Waals surface area contributed by atoms with Crippen molar-refractivity contribution in [2.45, 2.75) is 16.6 Å². The first-order chi connectivity index (χ1) is 7.43. The van der Waals surface area contributed by atoms with Crippen LogP contribution < -0.4 is 5.73 Å². The summed E-state index contributed by atoms with van der Waals surface area (Å²) in [5.74, 6) is -0.171. The van der Waals surface area contributed by atoms with Crippen LogP contribution in [0.2, 0.25) is 5.02 Å². The van der Waals surface area contributed by atoms with Gasteiger partial charge in [-0.25, -0.2) is 8.42 Å². The molecule has 2 atom stereocenters. The highest BCUT2D eigenvalue weighted by Gasteiger charge is 2.49. The van der Waals surface area contributed by atoms with E-state index in [4.69, 9.17) is 29.6 Å². The first kappa shape index (κ1) is 11.8. The van der Waals surface area contributed by atoms with Crippen molar-refractivity contribution in [1.82, 2.24) is 0 Å². The van der Waals surface area contributed by atoms with Crippen LogP contribution in [0.5, 0.6) is 0 Å². The summed E-state index contributed by atoms with van der Waals surface area (Å²) < 4.78 is 24.1. The molecule has 1 aliphatic rings. The Hall–Kier alpha value is -0.650. The van der Waals surface area contributed by atoms with Crippen molar-refractivity contribution >= 4 is 38.6 Å². The molecule has 1 aromatic carbocycles. The summed E-state index contributed by atoms with van der Waals surface area (Å²) in [6.07, 6.45) is 0.528. The summed E-state index contributed by atoms with van der Waals surface area (Å²) in [5, 5.41) is 0.0619. The highest BCUT2D eigenvalue weighted by atomic mass is 35.5. The van der Waals surface area contributed by atoms with Gasteiger partial charge in [0, 0.05) is 10.9 Å². The largest absolute Gasteiger partial charge is 0.393 e. The van der Waals surface area contributed by atoms with Gasteiger partial charge in [0.25, 0.3) is 0 Å². The van der Waals surface area contributed by atoms with E-state index in [1.807, 2.05) is 0 Å². The van der Waals surface area contributed by atoms with Gasteiger partial charge in [-0.1, -0.05) is 23.8 Å². The molecule has 0 aromatic heterocycles. The minimum atomic E-state index is -3.30. The molecule has 3 nitrogen and oxygen atoms in total. The van der Waals surface area contributed by atoms with E-state index in [0.29, 0.717) is 11.4 Å². The number of hydrogen-bond donors (Lipinski definition) is 1. The lowest BCUT2D eigenvalue weighted by Gasteiger charge is -2.03. The molecule has 1 aromatic rings. The van der Waals surface area contributed by atoms with Crippen LogP contribution in [0.1, 0.15) is 6.42 Å². The van der Waals surface area contributed by atoms with E-state index < -0.39 is 15.1 Å². The second kappa shape index (κ2) is 3.98. The Bertz CT molecular complexity index is 524. The highest BCUT2D eigenvalue weighted by molar-refractivity contribution is 7.92. The number of rotatable bonds is 3. The molecule has 6 heteroatoms. The van der Waals surface area contributed by atoms with E-state index in [1.165, 1.54) is 12.1 Å². The lowest BCUT2D eigenvalue weighted by Crippen LogP contribution is -2.17. The minimum absolute atomic E-state index is 0.171. The smallest absolute Gasteiger partial charge is 0.181 e. The van der Waals surface area contributed by atoms with Gasteiger partial charge in [-0.15, -0.1) is 0 Å². The Morgan fingerprint density at radius 3 is 2.38 bits per heavy atom. The van der Waals surface area contributed by atoms with Crippen molar-refractivity contribution in [2.24, 2.45) is 11.7 Å². The van der Waals surface area contributed by atoms with Crippen LogP contribution in [0.4, 0.5) is 0 Å². The molecule has 0 heterocycles. The normalized spacial score (nSPS) is 24.1. The molecule has 1 aliphatic carbocycles. The van der Waals surface area contributed by atoms with Gasteiger partial charge in [0.2, 0.25) is 0 Å². The summed E-state index contributed by atoms with van der Waals surface area (Å²) in [4.78, 5) is 0.559. The number of benzene rings is 1. The zero-order chi connectivity index (χ0) is 11.9. The molecule has 2 rings (SSSR count). The monoisotopic (exact) mass is 275 g/mol. The SMILES string of the molecule is NC(=S)C1CC1S(=O)(=O)c1ccc(Cl)cc1. The third-order valence-electron chi connectivity index (χ3n) is 2.64. The molecule has 0 saturated heterocycles. The number of nitrogens with two attached hydrogens (primary N) is 1. The average molecular weight is 276 g/mol. The van der Waals surface area contributed by atoms with Crippen LogP contribution in [-0.2, 0) is 9.84 Å². The molecule has 0 radical (unpaired) electrons. The van der Waals surface area contributed by atoms with Crippen molar-refractivity contribution in [3.63, 3.8) is 0 Å². The predicted molar refractivity (Wildman–Crippen MR) is 67.3 cm³/mol. The summed E-state index contributed by atoms with van der Waals surface area (Å²) in [6, 6.07) is 6.14. The lowest BCUT2D eigenvalue weighted by molar-refractivity contribution is 0.594. The van der Waals surface area contributed by atoms with Crippen molar-refractivity contribution in [1.29, 1.82) is 0 Å². The van der Waals surface area contributed by atoms with E-state index in [-0.39, 0.29) is 15.8 Å². The Kier molecular flexibility index (Phi) is 2.94. The predicted octanol–water partition coefficient (Wildman–Crippen LogP) is 1.79. The Morgan fingerprint density at radius 2 is 1.94 bits per heavy atom. The van der Waals surface area contributed by atoms with Gasteiger partial charge in [0.15, 0.2) is 9.84 Å². The molecule has 0 spiro atoms. The van der Waals surface area contributed by atoms with Crippen LogP contribution in [0, 0.1) is 5.92 Å². The van der Waals surface area contributed by atoms with E-state index in [9.17, 15) is 8.42 Å². The molecule has 0 aliphatic heterocycles. The lowest BCUT2D eigenvalue weighted by atomic mass is 10.4. The fourth-order valence-corrected chi connectivity index (χ4v) is 3.99. The Balaban J connectivity index is 2.28. The van der Waals surface area contributed by atoms with Gasteiger partial charge < -0.3 is 5.73 Å². The minimum Gasteiger partial charge on any atom is -0.393 e. The summed E-state index contributed by atoms with van der Waals surface area (Å²) in [5.41, 5.74) is 5.43. The second-order valence-electron chi connectivity index (χ2n) is 3.78. The first-order valence-electron chi connectivity index (χ1n) is 4.71. The maximum atomic E-state index is 12.1. The zero-order valence-corrected chi connectivity index (χ0v) is 10.6. The van der Waals surface area contributed by atoms with Gasteiger partial charge in [-0.3, -0.25) is 0 Å². The maximum absolute atomic E-state index is 12.1. The van der Waals surface area contributed by atoms with E-state index in [1.54, 1.807) is 12.1 Å². The molecule has 16 heavy (non-hydrogen) atoms. The van der Waals surface area contributed by atoms with Crippen LogP contribution in [0.25, 0.3) is 0 Å². The average Bonchev–Trinajstić information content (AvgIpc) is 2.98. The van der Waals surface area contributed by atoms with E-state index >= 15 is 0 Å². The van der Waals surface area contributed by atoms with Crippen molar-refractivity contribution in [3.05, 3.63) is 29.3 Å². The molecule has 0 amide bonds. The molecule has 1 fully saturated rings. The van der Waals surface area contributed by atoms with Crippen LogP contribution in [0.3, 0.4) is 0 Å². The third-order valence-corrected chi connectivity index (χ3v) is 5.44. The van der Waals surface area contributed by atoms with Crippen LogP contribution in [-0.4, -0.2) is 18.7 Å². The first-order valence-corrected chi connectivity index (χ1v) is 7.05. The number of sulfone groups is 1. The van der Waals surface area contributed by atoms with Gasteiger partial charge in [0.05, 0.1) is 15.1 Å². The van der Waals surface area contributed by atoms with Crippen molar-refractivity contribution in [2.75, 3.05) is 0 Å². The standard InChI is InChI=1S/C10H10ClNO2S2/c11-6-1-3-7(4-2-6)16(13,14)9-5-8(9)10(12)15/h1-4,8-9H,5H2,(H2,12,15). The molecule has 1 saturated carbocycles. The van der Waals surface area contributed by atoms with E-state index in [0.717, 1.165) is 0 Å². The van der Waals surface area contributed by atoms with Crippen LogP contribution in [0.15, 0.2) is 29.2 Å². The van der Waals surface area contributed by atoms with Gasteiger partial charge in [-0.05, 0) is 30.7 Å². The molecule has 2 unspecified atom stereocenters. The molecule has 86 valence electrons. The Morgan fingerprint density at radius 1 is 1.38 bits per heavy atom. The number of halogens is 1. The quantitative estimate of drug-likeness (QED) is 0.855. The third kappa shape index (κ3) is 2.07. The number of thiocarbonyl (C=S) groups is 1. The Labute approximate surface area is 105 Å². The number of hydrogen-bond acceptors (Lipinski definition) is 3. The maximum Gasteiger partial charge on any atom is 0.181 e. The zero-order valence-electron chi connectivity index (χ0n) is 8.26. The molecule has 2 N–H and O–H groups in total. The van der Waals surface area contributed by atoms with Crippen molar-refractivity contribution in [3.8, 4) is 0 Å². The highest BCUT2D eigenvalue weighted by Crippen LogP contribution is 2.40. The summed E-state index contributed by atoms with van der Waals surface area (Å²) >= 11 is 10.5. The van der Waals surface area contributed by atoms with Gasteiger partial charge in [-0.2, -0.15) is 0 Å². The fraction of sp³-hybridized carbons (Fsp3) is 0.300. The fourth-order valence-electron chi connectivity index (χ4n) is 1.61. The van der Waals surface area contributed by atoms with Crippen LogP contribution >= 0.6 is 23.8 Å². The topological polar surface area (TPSA) is 60.2 Å². The second-order valence-corrected chi connectivity index (χ2v) is 6.86. The molecular formula is C10H10ClNO2S2. The molecular weight excluding hydrogens is 266 g/mol. The molecule has 0 bridgehead atoms. The van der Waals surface area contributed by atoms with Crippen molar-refractivity contribution < 1.29 is 8.42 Å².